The Labute approximate surface area is 97.9 Å². The third-order valence-electron chi connectivity index (χ3n) is 2.17. The molecule has 16 heavy (non-hydrogen) atoms. The molecule has 0 saturated heterocycles. The van der Waals surface area contributed by atoms with Gasteiger partial charge < -0.3 is 5.11 Å². The summed E-state index contributed by atoms with van der Waals surface area (Å²) in [4.78, 5) is 0. The lowest BCUT2D eigenvalue weighted by Crippen LogP contribution is -2.09. The molecule has 1 nitrogen and oxygen atoms in total. The Balaban J connectivity index is 2.00. The number of rotatable bonds is 3. The van der Waals surface area contributed by atoms with Crippen molar-refractivity contribution in [3.63, 3.8) is 0 Å². The van der Waals surface area contributed by atoms with Gasteiger partial charge in [-0.25, -0.2) is 0 Å². The van der Waals surface area contributed by atoms with Gasteiger partial charge in [0.25, 0.3) is 0 Å². The molecule has 0 unspecified atom stereocenters. The van der Waals surface area contributed by atoms with Gasteiger partial charge in [0, 0.05) is 0 Å². The fourth-order valence-electron chi connectivity index (χ4n) is 1.40. The highest BCUT2D eigenvalue weighted by Crippen LogP contribution is 2.11. The molecular weight excluding hydrogens is 212 g/mol. The highest BCUT2D eigenvalue weighted by atomic mass is 28.2. The Hall–Kier alpha value is -1.80. The van der Waals surface area contributed by atoms with Crippen molar-refractivity contribution in [2.24, 2.45) is 0 Å². The van der Waals surface area contributed by atoms with E-state index in [1.165, 1.54) is 5.19 Å². The third-order valence-corrected chi connectivity index (χ3v) is 3.17. The van der Waals surface area contributed by atoms with Crippen LogP contribution in [0.15, 0.2) is 60.3 Å². The maximum atomic E-state index is 9.30. The van der Waals surface area contributed by atoms with Gasteiger partial charge in [-0.15, -0.1) is 0 Å². The van der Waals surface area contributed by atoms with Crippen molar-refractivity contribution in [1.82, 2.24) is 0 Å². The SMILES string of the molecule is Oc1cccc(/C=C\[Si]c2ccccc2)c1. The van der Waals surface area contributed by atoms with E-state index in [-0.39, 0.29) is 0 Å². The van der Waals surface area contributed by atoms with Gasteiger partial charge in [0.05, 0.1) is 0 Å². The van der Waals surface area contributed by atoms with E-state index in [1.807, 2.05) is 36.4 Å². The van der Waals surface area contributed by atoms with Crippen molar-refractivity contribution in [2.45, 2.75) is 0 Å². The van der Waals surface area contributed by atoms with Crippen LogP contribution in [0, 0.1) is 0 Å². The topological polar surface area (TPSA) is 20.2 Å². The summed E-state index contributed by atoms with van der Waals surface area (Å²) in [6.07, 6.45) is 2.03. The molecule has 2 rings (SSSR count). The summed E-state index contributed by atoms with van der Waals surface area (Å²) in [5.74, 6) is 0.310. The minimum atomic E-state index is 0.310. The third kappa shape index (κ3) is 3.10. The standard InChI is InChI=1S/C14H12OSi/c15-13-6-4-5-12(11-13)9-10-16-14-7-2-1-3-8-14/h1-11,15H/b10-9-. The molecule has 0 aliphatic rings. The molecule has 0 spiro atoms. The van der Waals surface area contributed by atoms with Crippen molar-refractivity contribution in [3.8, 4) is 5.75 Å². The van der Waals surface area contributed by atoms with Crippen molar-refractivity contribution < 1.29 is 5.11 Å². The predicted molar refractivity (Wildman–Crippen MR) is 69.0 cm³/mol. The molecule has 0 aliphatic heterocycles. The van der Waals surface area contributed by atoms with Gasteiger partial charge in [-0.05, 0) is 17.7 Å². The van der Waals surface area contributed by atoms with Crippen LogP contribution in [0.2, 0.25) is 0 Å². The molecule has 2 aromatic rings. The minimum Gasteiger partial charge on any atom is -0.508 e. The van der Waals surface area contributed by atoms with E-state index in [4.69, 9.17) is 0 Å². The first kappa shape index (κ1) is 10.7. The molecule has 0 aromatic heterocycles. The van der Waals surface area contributed by atoms with E-state index in [1.54, 1.807) is 12.1 Å². The molecule has 0 atom stereocenters. The van der Waals surface area contributed by atoms with E-state index in [0.717, 1.165) is 5.56 Å². The molecule has 2 radical (unpaired) electrons. The molecule has 0 saturated carbocycles. The van der Waals surface area contributed by atoms with Crippen molar-refractivity contribution in [3.05, 3.63) is 65.9 Å². The maximum Gasteiger partial charge on any atom is 0.116 e. The zero-order valence-electron chi connectivity index (χ0n) is 8.80. The van der Waals surface area contributed by atoms with Crippen molar-refractivity contribution in [2.75, 3.05) is 0 Å². The lowest BCUT2D eigenvalue weighted by molar-refractivity contribution is 0.475. The molecule has 1 N–H and O–H groups in total. The van der Waals surface area contributed by atoms with Crippen LogP contribution in [0.25, 0.3) is 6.08 Å². The zero-order valence-corrected chi connectivity index (χ0v) is 9.80. The number of benzene rings is 2. The second-order valence-electron chi connectivity index (χ2n) is 3.44. The Kier molecular flexibility index (Phi) is 3.56. The van der Waals surface area contributed by atoms with E-state index < -0.39 is 0 Å². The van der Waals surface area contributed by atoms with Gasteiger partial charge in [-0.1, -0.05) is 59.4 Å². The van der Waals surface area contributed by atoms with Gasteiger partial charge in [0.15, 0.2) is 0 Å². The number of hydrogen-bond donors (Lipinski definition) is 1. The Morgan fingerprint density at radius 3 is 2.50 bits per heavy atom. The Bertz CT molecular complexity index is 477. The van der Waals surface area contributed by atoms with Gasteiger partial charge in [0.2, 0.25) is 0 Å². The summed E-state index contributed by atoms with van der Waals surface area (Å²) >= 11 is 0. The van der Waals surface area contributed by atoms with E-state index in [0.29, 0.717) is 15.3 Å². The van der Waals surface area contributed by atoms with Crippen LogP contribution in [0.5, 0.6) is 5.75 Å². The maximum absolute atomic E-state index is 9.30. The second kappa shape index (κ2) is 5.33. The molecule has 2 aromatic carbocycles. The van der Waals surface area contributed by atoms with Crippen LogP contribution in [0.1, 0.15) is 5.56 Å². The normalized spacial score (nSPS) is 10.8. The quantitative estimate of drug-likeness (QED) is 0.794. The smallest absolute Gasteiger partial charge is 0.116 e. The lowest BCUT2D eigenvalue weighted by Gasteiger charge is -1.95. The highest BCUT2D eigenvalue weighted by molar-refractivity contribution is 6.59. The van der Waals surface area contributed by atoms with Crippen LogP contribution in [-0.4, -0.2) is 14.6 Å². The summed E-state index contributed by atoms with van der Waals surface area (Å²) in [7, 11) is 0.665. The highest BCUT2D eigenvalue weighted by Gasteiger charge is 1.90. The van der Waals surface area contributed by atoms with E-state index >= 15 is 0 Å². The molecule has 2 heteroatoms. The van der Waals surface area contributed by atoms with Crippen LogP contribution in [0.3, 0.4) is 0 Å². The monoisotopic (exact) mass is 224 g/mol. The first-order chi connectivity index (χ1) is 7.84. The summed E-state index contributed by atoms with van der Waals surface area (Å²) in [5.41, 5.74) is 3.16. The summed E-state index contributed by atoms with van der Waals surface area (Å²) in [6.45, 7) is 0. The molecule has 0 aliphatic carbocycles. The predicted octanol–water partition coefficient (Wildman–Crippen LogP) is 2.39. The van der Waals surface area contributed by atoms with Crippen molar-refractivity contribution in [1.29, 1.82) is 0 Å². The molecule has 0 bridgehead atoms. The number of phenolic OH excluding ortho intramolecular Hbond substituents is 1. The van der Waals surface area contributed by atoms with Crippen molar-refractivity contribution >= 4 is 20.8 Å². The minimum absolute atomic E-state index is 0.310. The number of aromatic hydroxyl groups is 1. The van der Waals surface area contributed by atoms with Gasteiger partial charge >= 0.3 is 0 Å². The van der Waals surface area contributed by atoms with Crippen LogP contribution in [0.4, 0.5) is 0 Å². The molecular formula is C14H12OSi. The first-order valence-corrected chi connectivity index (χ1v) is 6.19. The van der Waals surface area contributed by atoms with E-state index in [9.17, 15) is 5.11 Å². The van der Waals surface area contributed by atoms with Gasteiger partial charge in [0.1, 0.15) is 15.3 Å². The number of hydrogen-bond acceptors (Lipinski definition) is 1. The summed E-state index contributed by atoms with van der Waals surface area (Å²) in [5, 5.41) is 10.6. The zero-order chi connectivity index (χ0) is 11.2. The fraction of sp³-hybridized carbons (Fsp3) is 0. The van der Waals surface area contributed by atoms with Gasteiger partial charge in [-0.2, -0.15) is 0 Å². The largest absolute Gasteiger partial charge is 0.508 e. The average molecular weight is 224 g/mol. The summed E-state index contributed by atoms with van der Waals surface area (Å²) in [6, 6.07) is 17.6. The Morgan fingerprint density at radius 2 is 1.75 bits per heavy atom. The summed E-state index contributed by atoms with van der Waals surface area (Å²) < 4.78 is 0. The Morgan fingerprint density at radius 1 is 0.938 bits per heavy atom. The molecule has 0 heterocycles. The van der Waals surface area contributed by atoms with Crippen LogP contribution >= 0.6 is 0 Å². The van der Waals surface area contributed by atoms with E-state index in [2.05, 4.69) is 17.8 Å². The molecule has 0 amide bonds. The molecule has 0 fully saturated rings. The number of phenols is 1. The average Bonchev–Trinajstić information content (AvgIpc) is 2.30. The first-order valence-electron chi connectivity index (χ1n) is 5.12. The lowest BCUT2D eigenvalue weighted by atomic mass is 10.2. The van der Waals surface area contributed by atoms with Gasteiger partial charge in [-0.3, -0.25) is 0 Å². The second-order valence-corrected chi connectivity index (χ2v) is 4.64. The van der Waals surface area contributed by atoms with Crippen LogP contribution in [-0.2, 0) is 0 Å². The molecule has 78 valence electrons. The van der Waals surface area contributed by atoms with Crippen LogP contribution < -0.4 is 5.19 Å². The fourth-order valence-corrected chi connectivity index (χ4v) is 2.25.